The molecule has 0 amide bonds. The van der Waals surface area contributed by atoms with Crippen molar-refractivity contribution in [1.82, 2.24) is 5.32 Å². The SMILES string of the molecule is CC(C)(C)NCc1ccc(N2CCC(O)CC2)c(Cl)c1. The number of halogens is 1. The minimum absolute atomic E-state index is 0.105. The number of piperidine rings is 1. The summed E-state index contributed by atoms with van der Waals surface area (Å²) in [6.07, 6.45) is 1.49. The molecule has 112 valence electrons. The van der Waals surface area contributed by atoms with Gasteiger partial charge in [0.15, 0.2) is 0 Å². The average molecular weight is 297 g/mol. The van der Waals surface area contributed by atoms with Gasteiger partial charge in [0.05, 0.1) is 16.8 Å². The molecule has 1 aromatic rings. The summed E-state index contributed by atoms with van der Waals surface area (Å²) in [6.45, 7) is 9.04. The smallest absolute Gasteiger partial charge is 0.0642 e. The molecule has 1 aliphatic heterocycles. The van der Waals surface area contributed by atoms with Gasteiger partial charge in [-0.1, -0.05) is 17.7 Å². The van der Waals surface area contributed by atoms with Gasteiger partial charge < -0.3 is 15.3 Å². The maximum Gasteiger partial charge on any atom is 0.0642 e. The third-order valence-electron chi connectivity index (χ3n) is 3.64. The van der Waals surface area contributed by atoms with Crippen molar-refractivity contribution in [1.29, 1.82) is 0 Å². The summed E-state index contributed by atoms with van der Waals surface area (Å²) in [7, 11) is 0. The molecule has 1 heterocycles. The van der Waals surface area contributed by atoms with Crippen LogP contribution in [0.15, 0.2) is 18.2 Å². The monoisotopic (exact) mass is 296 g/mol. The molecule has 0 spiro atoms. The quantitative estimate of drug-likeness (QED) is 0.899. The number of nitrogens with zero attached hydrogens (tertiary/aromatic N) is 1. The largest absolute Gasteiger partial charge is 0.393 e. The molecule has 4 heteroatoms. The van der Waals surface area contributed by atoms with Gasteiger partial charge in [0.1, 0.15) is 0 Å². The standard InChI is InChI=1S/C16H25ClN2O/c1-16(2,3)18-11-12-4-5-15(14(17)10-12)19-8-6-13(20)7-9-19/h4-5,10,13,18,20H,6-9,11H2,1-3H3. The summed E-state index contributed by atoms with van der Waals surface area (Å²) in [5.74, 6) is 0. The van der Waals surface area contributed by atoms with Gasteiger partial charge in [-0.2, -0.15) is 0 Å². The number of anilines is 1. The van der Waals surface area contributed by atoms with Crippen LogP contribution in [0.2, 0.25) is 5.02 Å². The molecule has 0 bridgehead atoms. The van der Waals surface area contributed by atoms with E-state index in [0.717, 1.165) is 43.2 Å². The second-order valence-electron chi connectivity index (χ2n) is 6.61. The van der Waals surface area contributed by atoms with E-state index in [-0.39, 0.29) is 11.6 Å². The first kappa shape index (κ1) is 15.6. The van der Waals surface area contributed by atoms with Crippen LogP contribution in [0, 0.1) is 0 Å². The predicted octanol–water partition coefficient (Wildman–Crippen LogP) is 3.19. The van der Waals surface area contributed by atoms with Crippen molar-refractivity contribution in [3.05, 3.63) is 28.8 Å². The predicted molar refractivity (Wildman–Crippen MR) is 85.5 cm³/mol. The first-order valence-corrected chi connectivity index (χ1v) is 7.69. The molecule has 0 atom stereocenters. The molecular formula is C16H25ClN2O. The lowest BCUT2D eigenvalue weighted by molar-refractivity contribution is 0.145. The molecule has 1 aromatic carbocycles. The Balaban J connectivity index is 2.02. The molecular weight excluding hydrogens is 272 g/mol. The summed E-state index contributed by atoms with van der Waals surface area (Å²) < 4.78 is 0. The minimum atomic E-state index is -0.153. The van der Waals surface area contributed by atoms with Crippen molar-refractivity contribution in [3.63, 3.8) is 0 Å². The van der Waals surface area contributed by atoms with Gasteiger partial charge in [-0.05, 0) is 51.3 Å². The number of nitrogens with one attached hydrogen (secondary N) is 1. The Morgan fingerprint density at radius 3 is 2.50 bits per heavy atom. The van der Waals surface area contributed by atoms with Crippen LogP contribution in [0.1, 0.15) is 39.2 Å². The van der Waals surface area contributed by atoms with Gasteiger partial charge in [0, 0.05) is 25.2 Å². The van der Waals surface area contributed by atoms with Crippen LogP contribution in [0.4, 0.5) is 5.69 Å². The highest BCUT2D eigenvalue weighted by Crippen LogP contribution is 2.29. The average Bonchev–Trinajstić information content (AvgIpc) is 2.37. The van der Waals surface area contributed by atoms with Gasteiger partial charge in [-0.25, -0.2) is 0 Å². The third kappa shape index (κ3) is 4.37. The van der Waals surface area contributed by atoms with Crippen LogP contribution in [0.25, 0.3) is 0 Å². The number of rotatable bonds is 3. The lowest BCUT2D eigenvalue weighted by atomic mass is 10.1. The first-order valence-electron chi connectivity index (χ1n) is 7.31. The van der Waals surface area contributed by atoms with Crippen LogP contribution >= 0.6 is 11.6 Å². The number of aliphatic hydroxyl groups excluding tert-OH is 1. The van der Waals surface area contributed by atoms with Gasteiger partial charge in [-0.3, -0.25) is 0 Å². The number of aliphatic hydroxyl groups is 1. The molecule has 2 N–H and O–H groups in total. The molecule has 1 aliphatic rings. The number of hydrogen-bond donors (Lipinski definition) is 2. The fraction of sp³-hybridized carbons (Fsp3) is 0.625. The molecule has 2 rings (SSSR count). The molecule has 3 nitrogen and oxygen atoms in total. The van der Waals surface area contributed by atoms with Crippen molar-refractivity contribution in [2.24, 2.45) is 0 Å². The number of benzene rings is 1. The molecule has 20 heavy (non-hydrogen) atoms. The summed E-state index contributed by atoms with van der Waals surface area (Å²) in [4.78, 5) is 2.26. The molecule has 0 saturated carbocycles. The highest BCUT2D eigenvalue weighted by Gasteiger charge is 2.19. The van der Waals surface area contributed by atoms with E-state index in [9.17, 15) is 5.11 Å². The Hall–Kier alpha value is -0.770. The normalized spacial score (nSPS) is 17.6. The van der Waals surface area contributed by atoms with Crippen molar-refractivity contribution in [2.75, 3.05) is 18.0 Å². The van der Waals surface area contributed by atoms with Gasteiger partial charge in [0.2, 0.25) is 0 Å². The van der Waals surface area contributed by atoms with E-state index in [2.05, 4.69) is 43.1 Å². The van der Waals surface area contributed by atoms with Gasteiger partial charge >= 0.3 is 0 Å². The summed E-state index contributed by atoms with van der Waals surface area (Å²) in [5, 5.41) is 13.8. The Morgan fingerprint density at radius 1 is 1.30 bits per heavy atom. The molecule has 1 fully saturated rings. The van der Waals surface area contributed by atoms with E-state index in [0.29, 0.717) is 0 Å². The molecule has 0 aliphatic carbocycles. The van der Waals surface area contributed by atoms with Crippen LogP contribution in [-0.2, 0) is 6.54 Å². The zero-order chi connectivity index (χ0) is 14.8. The van der Waals surface area contributed by atoms with E-state index in [1.165, 1.54) is 5.56 Å². The van der Waals surface area contributed by atoms with E-state index >= 15 is 0 Å². The minimum Gasteiger partial charge on any atom is -0.393 e. The molecule has 0 radical (unpaired) electrons. The van der Waals surface area contributed by atoms with E-state index in [4.69, 9.17) is 11.6 Å². The summed E-state index contributed by atoms with van der Waals surface area (Å²) >= 11 is 6.42. The van der Waals surface area contributed by atoms with Crippen LogP contribution in [-0.4, -0.2) is 29.8 Å². The molecule has 0 aromatic heterocycles. The van der Waals surface area contributed by atoms with Crippen molar-refractivity contribution < 1.29 is 5.11 Å². The van der Waals surface area contributed by atoms with Crippen molar-refractivity contribution in [2.45, 2.75) is 51.8 Å². The summed E-state index contributed by atoms with van der Waals surface area (Å²) in [6, 6.07) is 6.27. The Bertz CT molecular complexity index is 448. The highest BCUT2D eigenvalue weighted by atomic mass is 35.5. The second-order valence-corrected chi connectivity index (χ2v) is 7.01. The lowest BCUT2D eigenvalue weighted by Gasteiger charge is -2.32. The van der Waals surface area contributed by atoms with Crippen LogP contribution < -0.4 is 10.2 Å². The van der Waals surface area contributed by atoms with E-state index in [1.807, 2.05) is 6.07 Å². The van der Waals surface area contributed by atoms with Crippen LogP contribution in [0.5, 0.6) is 0 Å². The Morgan fingerprint density at radius 2 is 1.95 bits per heavy atom. The Labute approximate surface area is 126 Å². The molecule has 1 saturated heterocycles. The van der Waals surface area contributed by atoms with Gasteiger partial charge in [-0.15, -0.1) is 0 Å². The van der Waals surface area contributed by atoms with Crippen molar-refractivity contribution >= 4 is 17.3 Å². The fourth-order valence-corrected chi connectivity index (χ4v) is 2.71. The number of hydrogen-bond acceptors (Lipinski definition) is 3. The maximum atomic E-state index is 9.57. The molecule has 0 unspecified atom stereocenters. The van der Waals surface area contributed by atoms with Gasteiger partial charge in [0.25, 0.3) is 0 Å². The third-order valence-corrected chi connectivity index (χ3v) is 3.94. The van der Waals surface area contributed by atoms with E-state index in [1.54, 1.807) is 0 Å². The first-order chi connectivity index (χ1) is 9.35. The zero-order valence-corrected chi connectivity index (χ0v) is 13.4. The topological polar surface area (TPSA) is 35.5 Å². The van der Waals surface area contributed by atoms with Crippen LogP contribution in [0.3, 0.4) is 0 Å². The van der Waals surface area contributed by atoms with Crippen molar-refractivity contribution in [3.8, 4) is 0 Å². The maximum absolute atomic E-state index is 9.57. The lowest BCUT2D eigenvalue weighted by Crippen LogP contribution is -2.36. The Kier molecular flexibility index (Phi) is 4.95. The second kappa shape index (κ2) is 6.33. The fourth-order valence-electron chi connectivity index (χ4n) is 2.39. The van der Waals surface area contributed by atoms with E-state index < -0.39 is 0 Å². The summed E-state index contributed by atoms with van der Waals surface area (Å²) in [5.41, 5.74) is 2.39. The highest BCUT2D eigenvalue weighted by molar-refractivity contribution is 6.33. The zero-order valence-electron chi connectivity index (χ0n) is 12.6.